The Kier molecular flexibility index (Phi) is 18.2. The fraction of sp³-hybridized carbons (Fsp3) is 0.500. The van der Waals surface area contributed by atoms with Gasteiger partial charge in [0.05, 0.1) is 11.9 Å². The van der Waals surface area contributed by atoms with Crippen LogP contribution in [0.5, 0.6) is 0 Å². The van der Waals surface area contributed by atoms with Crippen molar-refractivity contribution in [3.8, 4) is 0 Å². The molecule has 0 spiro atoms. The summed E-state index contributed by atoms with van der Waals surface area (Å²) in [5, 5.41) is 68.3. The molecule has 0 amide bonds. The van der Waals surface area contributed by atoms with Gasteiger partial charge in [-0.05, 0) is 0 Å². The quantitative estimate of drug-likeness (QED) is 0.233. The van der Waals surface area contributed by atoms with Crippen LogP contribution in [-0.4, -0.2) is 102 Å². The summed E-state index contributed by atoms with van der Waals surface area (Å²) in [7, 11) is 0. The van der Waals surface area contributed by atoms with E-state index >= 15 is 0 Å². The molecule has 0 radical (unpaired) electrons. The first kappa shape index (κ1) is 29.2. The SMILES string of the molecule is O=C(O)C(O)C(O)C(=O)O.O=C([O-])C(O)C(O)C(=O)[O-].[Mg+2].[Zn]. The van der Waals surface area contributed by atoms with E-state index in [0.717, 1.165) is 0 Å². The van der Waals surface area contributed by atoms with Crippen LogP contribution in [0.1, 0.15) is 0 Å². The van der Waals surface area contributed by atoms with Crippen LogP contribution < -0.4 is 10.2 Å². The molecule has 4 unspecified atom stereocenters. The van der Waals surface area contributed by atoms with Crippen molar-refractivity contribution in [2.75, 3.05) is 0 Å². The first-order chi connectivity index (χ1) is 8.93. The van der Waals surface area contributed by atoms with Gasteiger partial charge in [-0.25, -0.2) is 9.59 Å². The first-order valence-electron chi connectivity index (χ1n) is 4.53. The average molecular weight is 388 g/mol. The third-order valence-corrected chi connectivity index (χ3v) is 1.59. The zero-order valence-electron chi connectivity index (χ0n) is 10.9. The largest absolute Gasteiger partial charge is 2.00 e. The van der Waals surface area contributed by atoms with Crippen molar-refractivity contribution in [3.05, 3.63) is 0 Å². The number of aliphatic hydroxyl groups excluding tert-OH is 4. The van der Waals surface area contributed by atoms with E-state index < -0.39 is 48.3 Å². The number of rotatable bonds is 6. The molecule has 6 N–H and O–H groups in total. The molecular weight excluding hydrogens is 378 g/mol. The molecule has 0 aromatic heterocycles. The second-order valence-corrected chi connectivity index (χ2v) is 3.09. The van der Waals surface area contributed by atoms with Crippen LogP contribution >= 0.6 is 0 Å². The zero-order valence-corrected chi connectivity index (χ0v) is 15.2. The molecular formula is C8H10MgO12Zn. The van der Waals surface area contributed by atoms with Crippen LogP contribution in [0.3, 0.4) is 0 Å². The van der Waals surface area contributed by atoms with E-state index in [2.05, 4.69) is 0 Å². The molecule has 0 aromatic rings. The first-order valence-corrected chi connectivity index (χ1v) is 4.53. The second-order valence-electron chi connectivity index (χ2n) is 3.09. The standard InChI is InChI=1S/2C4H6O6.Mg.Zn/c2*5-1(3(7)8)2(6)4(9)10;;/h2*1-2,5-6H,(H,7,8)(H,9,10);;/q;;+2;/p-2. The van der Waals surface area contributed by atoms with Gasteiger partial charge >= 0.3 is 35.0 Å². The van der Waals surface area contributed by atoms with Crippen LogP contribution in [0.2, 0.25) is 0 Å². The number of hydrogen-bond acceptors (Lipinski definition) is 10. The second kappa shape index (κ2) is 13.8. The smallest absolute Gasteiger partial charge is 0.547 e. The van der Waals surface area contributed by atoms with Crippen molar-refractivity contribution in [1.82, 2.24) is 0 Å². The van der Waals surface area contributed by atoms with E-state index in [1.54, 1.807) is 0 Å². The molecule has 0 aliphatic rings. The van der Waals surface area contributed by atoms with E-state index in [1.807, 2.05) is 0 Å². The Balaban J connectivity index is -0.000000135. The monoisotopic (exact) mass is 386 g/mol. The number of aliphatic hydroxyl groups is 4. The van der Waals surface area contributed by atoms with Gasteiger partial charge in [0.25, 0.3) is 0 Å². The van der Waals surface area contributed by atoms with Gasteiger partial charge in [0, 0.05) is 19.5 Å². The van der Waals surface area contributed by atoms with Crippen LogP contribution in [0.4, 0.5) is 0 Å². The van der Waals surface area contributed by atoms with Crippen LogP contribution in [0, 0.1) is 0 Å². The third kappa shape index (κ3) is 11.7. The molecule has 0 saturated carbocycles. The number of carboxylic acids is 4. The summed E-state index contributed by atoms with van der Waals surface area (Å²) >= 11 is 0. The maximum Gasteiger partial charge on any atom is 2.00 e. The Bertz CT molecular complexity index is 315. The minimum absolute atomic E-state index is 0. The van der Waals surface area contributed by atoms with Crippen molar-refractivity contribution in [2.45, 2.75) is 24.4 Å². The molecule has 4 atom stereocenters. The Morgan fingerprint density at radius 2 is 0.818 bits per heavy atom. The van der Waals surface area contributed by atoms with Gasteiger partial charge in [0.1, 0.15) is 12.2 Å². The number of aliphatic carboxylic acids is 4. The summed E-state index contributed by atoms with van der Waals surface area (Å²) in [6, 6.07) is 0. The van der Waals surface area contributed by atoms with Gasteiger partial charge in [-0.3, -0.25) is 0 Å². The molecule has 118 valence electrons. The number of carbonyl (C=O) groups is 4. The minimum atomic E-state index is -2.44. The molecule has 22 heavy (non-hydrogen) atoms. The molecule has 0 aromatic carbocycles. The van der Waals surface area contributed by atoms with Gasteiger partial charge in [-0.1, -0.05) is 0 Å². The van der Waals surface area contributed by atoms with E-state index in [1.165, 1.54) is 0 Å². The molecule has 0 aliphatic carbocycles. The van der Waals surface area contributed by atoms with E-state index in [4.69, 9.17) is 30.6 Å². The van der Waals surface area contributed by atoms with Crippen molar-refractivity contribution in [1.29, 1.82) is 0 Å². The van der Waals surface area contributed by atoms with Gasteiger partial charge in [0.2, 0.25) is 0 Å². The maximum atomic E-state index is 9.77. The van der Waals surface area contributed by atoms with Gasteiger partial charge in [-0.15, -0.1) is 0 Å². The fourth-order valence-corrected chi connectivity index (χ4v) is 0.528. The number of carbonyl (C=O) groups excluding carboxylic acids is 2. The van der Waals surface area contributed by atoms with E-state index in [9.17, 15) is 29.4 Å². The van der Waals surface area contributed by atoms with E-state index in [-0.39, 0.29) is 42.5 Å². The molecule has 14 heteroatoms. The van der Waals surface area contributed by atoms with Gasteiger partial charge in [0.15, 0.2) is 12.2 Å². The number of hydrogen-bond donors (Lipinski definition) is 6. The zero-order chi connectivity index (χ0) is 16.6. The predicted molar refractivity (Wildman–Crippen MR) is 55.1 cm³/mol. The Hall–Kier alpha value is -0.890. The molecule has 0 rings (SSSR count). The molecule has 0 heterocycles. The van der Waals surface area contributed by atoms with Crippen molar-refractivity contribution in [3.63, 3.8) is 0 Å². The maximum absolute atomic E-state index is 9.77. The van der Waals surface area contributed by atoms with Crippen LogP contribution in [0.15, 0.2) is 0 Å². The average Bonchev–Trinajstić information content (AvgIpc) is 2.35. The Morgan fingerprint density at radius 1 is 0.636 bits per heavy atom. The van der Waals surface area contributed by atoms with Gasteiger partial charge < -0.3 is 50.4 Å². The Morgan fingerprint density at radius 3 is 0.909 bits per heavy atom. The summed E-state index contributed by atoms with van der Waals surface area (Å²) in [5.74, 6) is -7.65. The number of carboxylic acid groups (broad SMARTS) is 4. The summed E-state index contributed by atoms with van der Waals surface area (Å²) in [6.45, 7) is 0. The van der Waals surface area contributed by atoms with Crippen molar-refractivity contribution < 1.29 is 79.5 Å². The summed E-state index contributed by atoms with van der Waals surface area (Å²) < 4.78 is 0. The van der Waals surface area contributed by atoms with E-state index in [0.29, 0.717) is 0 Å². The normalized spacial score (nSPS) is 14.4. The third-order valence-electron chi connectivity index (χ3n) is 1.59. The minimum Gasteiger partial charge on any atom is -0.547 e. The molecule has 12 nitrogen and oxygen atoms in total. The predicted octanol–water partition coefficient (Wildman–Crippen LogP) is -7.30. The van der Waals surface area contributed by atoms with Crippen LogP contribution in [0.25, 0.3) is 0 Å². The summed E-state index contributed by atoms with van der Waals surface area (Å²) in [6.07, 6.45) is -9.41. The molecule has 0 aliphatic heterocycles. The van der Waals surface area contributed by atoms with Crippen molar-refractivity contribution >= 4 is 46.9 Å². The summed E-state index contributed by atoms with van der Waals surface area (Å²) in [4.78, 5) is 38.8. The Labute approximate surface area is 150 Å². The van der Waals surface area contributed by atoms with Crippen molar-refractivity contribution in [2.24, 2.45) is 0 Å². The fourth-order valence-electron chi connectivity index (χ4n) is 0.528. The van der Waals surface area contributed by atoms with Gasteiger partial charge in [-0.2, -0.15) is 0 Å². The summed E-state index contributed by atoms with van der Waals surface area (Å²) in [5.41, 5.74) is 0. The molecule has 0 bridgehead atoms. The molecule has 0 saturated heterocycles. The van der Waals surface area contributed by atoms with Crippen LogP contribution in [-0.2, 0) is 38.7 Å². The molecule has 0 fully saturated rings. The topological polar surface area (TPSA) is 236 Å².